The Morgan fingerprint density at radius 3 is 2.58 bits per heavy atom. The van der Waals surface area contributed by atoms with Gasteiger partial charge in [-0.25, -0.2) is 9.97 Å². The van der Waals surface area contributed by atoms with Crippen molar-refractivity contribution in [3.05, 3.63) is 48.4 Å². The summed E-state index contributed by atoms with van der Waals surface area (Å²) in [6.45, 7) is 4.81. The summed E-state index contributed by atoms with van der Waals surface area (Å²) in [7, 11) is 0. The Morgan fingerprint density at radius 2 is 1.86 bits per heavy atom. The second-order valence-electron chi connectivity index (χ2n) is 10.1. The third-order valence-corrected chi connectivity index (χ3v) is 7.82. The molecule has 0 radical (unpaired) electrons. The first-order valence-electron chi connectivity index (χ1n) is 12.1. The maximum atomic E-state index is 12.6. The predicted octanol–water partition coefficient (Wildman–Crippen LogP) is 2.97. The number of ether oxygens (including phenoxy) is 1. The van der Waals surface area contributed by atoms with E-state index < -0.39 is 11.4 Å². The number of amides is 2. The fourth-order valence-electron chi connectivity index (χ4n) is 5.44. The number of rotatable bonds is 8. The topological polar surface area (TPSA) is 143 Å². The third-order valence-electron chi connectivity index (χ3n) is 7.82. The molecule has 2 amide bonds. The van der Waals surface area contributed by atoms with Gasteiger partial charge in [0.2, 0.25) is 5.91 Å². The maximum absolute atomic E-state index is 12.6. The molecule has 1 aliphatic heterocycles. The lowest BCUT2D eigenvalue weighted by molar-refractivity contribution is -0.158. The highest BCUT2D eigenvalue weighted by Crippen LogP contribution is 2.56. The van der Waals surface area contributed by atoms with Gasteiger partial charge in [0.1, 0.15) is 17.9 Å². The first-order valence-corrected chi connectivity index (χ1v) is 12.1. The van der Waals surface area contributed by atoms with Gasteiger partial charge in [-0.15, -0.1) is 0 Å². The lowest BCUT2D eigenvalue weighted by Crippen LogP contribution is -2.49. The van der Waals surface area contributed by atoms with Crippen molar-refractivity contribution in [2.75, 3.05) is 23.8 Å². The summed E-state index contributed by atoms with van der Waals surface area (Å²) in [4.78, 5) is 44.3. The lowest BCUT2D eigenvalue weighted by atomic mass is 9.53. The number of hydrogen-bond acceptors (Lipinski definition) is 7. The maximum Gasteiger partial charge on any atom is 0.309 e. The molecule has 10 nitrogen and oxygen atoms in total. The predicted molar refractivity (Wildman–Crippen MR) is 132 cm³/mol. The minimum absolute atomic E-state index is 0.0184. The molecule has 6 rings (SSSR count). The van der Waals surface area contributed by atoms with Crippen LogP contribution in [0.1, 0.15) is 49.8 Å². The zero-order valence-electron chi connectivity index (χ0n) is 19.9. The number of carboxylic acids is 1. The lowest BCUT2D eigenvalue weighted by Gasteiger charge is -2.51. The van der Waals surface area contributed by atoms with Crippen LogP contribution in [0, 0.1) is 10.8 Å². The zero-order chi connectivity index (χ0) is 25.3. The summed E-state index contributed by atoms with van der Waals surface area (Å²) in [5, 5.41) is 18.5. The van der Waals surface area contributed by atoms with E-state index in [4.69, 9.17) is 4.74 Å². The largest absolute Gasteiger partial charge is 0.482 e. The molecule has 4 aliphatic rings. The number of fused-ring (bicyclic) bond motifs is 4. The van der Waals surface area contributed by atoms with Crippen molar-refractivity contribution in [1.82, 2.24) is 15.3 Å². The average molecular weight is 492 g/mol. The van der Waals surface area contributed by atoms with Crippen molar-refractivity contribution in [2.24, 2.45) is 10.8 Å². The van der Waals surface area contributed by atoms with Gasteiger partial charge in [0.05, 0.1) is 28.9 Å². The number of carbonyl (C=O) groups is 3. The number of carbonyl (C=O) groups excluding carboxylic acids is 2. The number of aromatic nitrogens is 2. The molecule has 0 unspecified atom stereocenters. The molecule has 3 aliphatic carbocycles. The first-order chi connectivity index (χ1) is 17.3. The van der Waals surface area contributed by atoms with Crippen molar-refractivity contribution >= 4 is 35.0 Å². The molecule has 0 atom stereocenters. The molecule has 4 N–H and O–H groups in total. The molecular formula is C26H29N5O5. The van der Waals surface area contributed by atoms with Crippen LogP contribution in [-0.2, 0) is 20.8 Å². The number of benzene rings is 1. The Labute approximate surface area is 208 Å². The molecule has 2 aromatic rings. The Balaban J connectivity index is 1.16. The van der Waals surface area contributed by atoms with Crippen LogP contribution in [0.25, 0.3) is 5.70 Å². The van der Waals surface area contributed by atoms with Gasteiger partial charge in [-0.05, 0) is 61.6 Å². The van der Waals surface area contributed by atoms with Crippen molar-refractivity contribution in [2.45, 2.75) is 44.9 Å². The van der Waals surface area contributed by atoms with Crippen molar-refractivity contribution in [3.8, 4) is 5.75 Å². The normalized spacial score (nSPS) is 24.2. The van der Waals surface area contributed by atoms with Crippen LogP contribution in [-0.4, -0.2) is 46.0 Å². The van der Waals surface area contributed by atoms with E-state index in [0.717, 1.165) is 44.1 Å². The fraction of sp³-hybridized carbons (Fsp3) is 0.423. The average Bonchev–Trinajstić information content (AvgIpc) is 2.88. The van der Waals surface area contributed by atoms with Crippen LogP contribution >= 0.6 is 0 Å². The Morgan fingerprint density at radius 1 is 1.11 bits per heavy atom. The first kappa shape index (κ1) is 23.8. The minimum atomic E-state index is -0.656. The molecule has 188 valence electrons. The molecule has 0 spiro atoms. The molecule has 3 saturated carbocycles. The molecule has 1 aromatic heterocycles. The highest BCUT2D eigenvalue weighted by molar-refractivity contribution is 5.96. The van der Waals surface area contributed by atoms with Gasteiger partial charge in [0.25, 0.3) is 5.91 Å². The third kappa shape index (κ3) is 4.75. The van der Waals surface area contributed by atoms with Crippen molar-refractivity contribution < 1.29 is 24.2 Å². The van der Waals surface area contributed by atoms with Crippen LogP contribution in [0.3, 0.4) is 0 Å². The molecule has 2 bridgehead atoms. The summed E-state index contributed by atoms with van der Waals surface area (Å²) in [6.07, 6.45) is 6.33. The van der Waals surface area contributed by atoms with Crippen LogP contribution in [0.15, 0.2) is 37.2 Å². The van der Waals surface area contributed by atoms with Gasteiger partial charge in [-0.1, -0.05) is 12.6 Å². The van der Waals surface area contributed by atoms with Gasteiger partial charge < -0.3 is 25.8 Å². The quantitative estimate of drug-likeness (QED) is 0.441. The Hall–Kier alpha value is -3.95. The molecule has 36 heavy (non-hydrogen) atoms. The van der Waals surface area contributed by atoms with Gasteiger partial charge >= 0.3 is 5.97 Å². The van der Waals surface area contributed by atoms with Crippen LogP contribution in [0.4, 0.5) is 11.5 Å². The number of anilines is 2. The van der Waals surface area contributed by atoms with E-state index in [1.807, 2.05) is 0 Å². The van der Waals surface area contributed by atoms with Crippen LogP contribution in [0.2, 0.25) is 0 Å². The van der Waals surface area contributed by atoms with E-state index in [2.05, 4.69) is 32.5 Å². The molecule has 10 heteroatoms. The van der Waals surface area contributed by atoms with Gasteiger partial charge in [-0.3, -0.25) is 14.4 Å². The molecule has 1 aromatic carbocycles. The summed E-state index contributed by atoms with van der Waals surface area (Å²) in [6, 6.07) is 6.90. The van der Waals surface area contributed by atoms with E-state index >= 15 is 0 Å². The molecular weight excluding hydrogens is 462 g/mol. The highest BCUT2D eigenvalue weighted by Gasteiger charge is 2.52. The van der Waals surface area contributed by atoms with Crippen LogP contribution in [0.5, 0.6) is 5.75 Å². The number of carboxylic acid groups (broad SMARTS) is 1. The number of nitrogens with one attached hydrogen (secondary N) is 3. The monoisotopic (exact) mass is 491 g/mol. The van der Waals surface area contributed by atoms with Gasteiger partial charge in [0, 0.05) is 12.6 Å². The minimum Gasteiger partial charge on any atom is -0.482 e. The Bertz CT molecular complexity index is 1220. The molecule has 3 fully saturated rings. The van der Waals surface area contributed by atoms with Crippen LogP contribution < -0.4 is 20.7 Å². The summed E-state index contributed by atoms with van der Waals surface area (Å²) in [5.41, 5.74) is 2.05. The SMILES string of the molecule is C=C(NCC12CCC(C(=O)O)(CC1)CC2)c1cc(NC(=O)Cc2ccc3c(c2)NC(=O)CO3)ncn1. The number of nitrogens with zero attached hydrogens (tertiary/aromatic N) is 2. The van der Waals surface area contributed by atoms with E-state index in [1.165, 1.54) is 6.33 Å². The number of hydrogen-bond donors (Lipinski definition) is 4. The zero-order valence-corrected chi connectivity index (χ0v) is 19.9. The summed E-state index contributed by atoms with van der Waals surface area (Å²) in [5.74, 6) is -0.205. The van der Waals surface area contributed by atoms with E-state index in [1.54, 1.807) is 24.3 Å². The molecule has 0 saturated heterocycles. The second-order valence-corrected chi connectivity index (χ2v) is 10.1. The van der Waals surface area contributed by atoms with Gasteiger partial charge in [0.15, 0.2) is 6.61 Å². The highest BCUT2D eigenvalue weighted by atomic mass is 16.5. The number of aliphatic carboxylic acids is 1. The fourth-order valence-corrected chi connectivity index (χ4v) is 5.44. The van der Waals surface area contributed by atoms with Crippen molar-refractivity contribution in [1.29, 1.82) is 0 Å². The Kier molecular flexibility index (Phi) is 6.11. The van der Waals surface area contributed by atoms with E-state index in [0.29, 0.717) is 35.2 Å². The van der Waals surface area contributed by atoms with Gasteiger partial charge in [-0.2, -0.15) is 0 Å². The summed E-state index contributed by atoms with van der Waals surface area (Å²) >= 11 is 0. The van der Waals surface area contributed by atoms with Crippen molar-refractivity contribution in [3.63, 3.8) is 0 Å². The summed E-state index contributed by atoms with van der Waals surface area (Å²) < 4.78 is 5.35. The van der Waals surface area contributed by atoms with E-state index in [9.17, 15) is 19.5 Å². The second kappa shape index (κ2) is 9.25. The standard InChI is InChI=1S/C26H29N5O5/c1-16(27-14-25-4-7-26(8-5-25,9-6-25)24(34)35)18-12-21(29-15-28-18)31-22(32)11-17-2-3-20-19(10-17)30-23(33)13-36-20/h2-3,10,12,15,27H,1,4-9,11,13-14H2,(H,30,33)(H,34,35)(H,28,29,31,32). The molecule has 2 heterocycles. The van der Waals surface area contributed by atoms with E-state index in [-0.39, 0.29) is 30.3 Å². The smallest absolute Gasteiger partial charge is 0.309 e.